The number of hydrogen-bond acceptors (Lipinski definition) is 5. The van der Waals surface area contributed by atoms with Gasteiger partial charge in [0.1, 0.15) is 0 Å². The van der Waals surface area contributed by atoms with E-state index in [1.54, 1.807) is 12.0 Å². The van der Waals surface area contributed by atoms with Gasteiger partial charge in [0, 0.05) is 0 Å². The van der Waals surface area contributed by atoms with E-state index < -0.39 is 0 Å². The quantitative estimate of drug-likeness (QED) is 0.179. The lowest BCUT2D eigenvalue weighted by atomic mass is 10.1. The van der Waals surface area contributed by atoms with Crippen LogP contribution in [0.25, 0.3) is 6.08 Å². The van der Waals surface area contributed by atoms with E-state index in [0.717, 1.165) is 29.8 Å². The van der Waals surface area contributed by atoms with Gasteiger partial charge in [0.05, 0.1) is 24.3 Å². The van der Waals surface area contributed by atoms with E-state index in [4.69, 9.17) is 21.7 Å². The minimum Gasteiger partial charge on any atom is -0.493 e. The average molecular weight is 484 g/mol. The van der Waals surface area contributed by atoms with Crippen molar-refractivity contribution < 1.29 is 14.3 Å². The van der Waals surface area contributed by atoms with Crippen LogP contribution in [0, 0.1) is 0 Å². The number of unbranched alkanes of at least 4 members (excludes halogenated alkanes) is 5. The molecule has 4 nitrogen and oxygen atoms in total. The van der Waals surface area contributed by atoms with Crippen molar-refractivity contribution in [3.05, 3.63) is 58.5 Å². The monoisotopic (exact) mass is 483 g/mol. The average Bonchev–Trinajstić information content (AvgIpc) is 3.11. The van der Waals surface area contributed by atoms with Crippen LogP contribution in [0.2, 0.25) is 0 Å². The summed E-state index contributed by atoms with van der Waals surface area (Å²) >= 11 is 6.82. The van der Waals surface area contributed by atoms with Crippen molar-refractivity contribution in [2.24, 2.45) is 0 Å². The molecule has 1 aliphatic heterocycles. The van der Waals surface area contributed by atoms with Gasteiger partial charge in [-0.2, -0.15) is 0 Å². The first-order valence-electron chi connectivity index (χ1n) is 11.7. The third-order valence-electron chi connectivity index (χ3n) is 5.64. The summed E-state index contributed by atoms with van der Waals surface area (Å²) in [5, 5.41) is 0. The molecule has 0 N–H and O–H groups in total. The van der Waals surface area contributed by atoms with Crippen molar-refractivity contribution >= 4 is 46.0 Å². The lowest BCUT2D eigenvalue weighted by Crippen LogP contribution is -2.27. The number of carbonyl (C=O) groups excluding carboxylic acids is 1. The van der Waals surface area contributed by atoms with Gasteiger partial charge in [0.15, 0.2) is 15.8 Å². The van der Waals surface area contributed by atoms with Gasteiger partial charge in [0.25, 0.3) is 5.91 Å². The Morgan fingerprint density at radius 2 is 1.70 bits per heavy atom. The summed E-state index contributed by atoms with van der Waals surface area (Å²) in [4.78, 5) is 15.3. The normalized spacial score (nSPS) is 14.9. The zero-order valence-corrected chi connectivity index (χ0v) is 21.4. The zero-order chi connectivity index (χ0) is 23.6. The van der Waals surface area contributed by atoms with Crippen molar-refractivity contribution in [3.8, 4) is 11.5 Å². The minimum absolute atomic E-state index is 0.100. The van der Waals surface area contributed by atoms with Gasteiger partial charge >= 0.3 is 0 Å². The Kier molecular flexibility index (Phi) is 9.82. The SMILES string of the molecule is CCCCCCCCOc1ccc(/C=C2\SC(=S)N(c3ccc(CC)cc3)C2=O)cc1OC. The molecule has 0 atom stereocenters. The highest BCUT2D eigenvalue weighted by Gasteiger charge is 2.33. The number of hydrogen-bond donors (Lipinski definition) is 0. The van der Waals surface area contributed by atoms with Crippen molar-refractivity contribution in [2.45, 2.75) is 58.8 Å². The molecule has 0 bridgehead atoms. The summed E-state index contributed by atoms with van der Waals surface area (Å²) in [7, 11) is 1.64. The molecule has 0 aromatic heterocycles. The van der Waals surface area contributed by atoms with Crippen LogP contribution in [0.15, 0.2) is 47.4 Å². The van der Waals surface area contributed by atoms with E-state index in [0.29, 0.717) is 21.6 Å². The molecule has 1 amide bonds. The molecule has 176 valence electrons. The molecule has 2 aromatic rings. The number of amides is 1. The number of benzene rings is 2. The highest BCUT2D eigenvalue weighted by atomic mass is 32.2. The molecule has 0 aliphatic carbocycles. The molecule has 1 saturated heterocycles. The number of methoxy groups -OCH3 is 1. The lowest BCUT2D eigenvalue weighted by molar-refractivity contribution is -0.113. The first-order valence-corrected chi connectivity index (χ1v) is 13.0. The molecular formula is C27H33NO3S2. The number of thioether (sulfide) groups is 1. The molecule has 0 spiro atoms. The number of rotatable bonds is 12. The molecule has 6 heteroatoms. The van der Waals surface area contributed by atoms with Crippen LogP contribution in [-0.4, -0.2) is 23.9 Å². The predicted molar refractivity (Wildman–Crippen MR) is 143 cm³/mol. The number of anilines is 1. The first-order chi connectivity index (χ1) is 16.1. The van der Waals surface area contributed by atoms with E-state index in [2.05, 4.69) is 13.8 Å². The van der Waals surface area contributed by atoms with Gasteiger partial charge in [-0.15, -0.1) is 0 Å². The lowest BCUT2D eigenvalue weighted by Gasteiger charge is -2.14. The predicted octanol–water partition coefficient (Wildman–Crippen LogP) is 7.40. The topological polar surface area (TPSA) is 38.8 Å². The van der Waals surface area contributed by atoms with Crippen LogP contribution in [0.3, 0.4) is 0 Å². The van der Waals surface area contributed by atoms with Gasteiger partial charge in [-0.3, -0.25) is 9.69 Å². The van der Waals surface area contributed by atoms with Crippen molar-refractivity contribution in [2.75, 3.05) is 18.6 Å². The Morgan fingerprint density at radius 3 is 2.39 bits per heavy atom. The van der Waals surface area contributed by atoms with E-state index in [1.807, 2.05) is 48.5 Å². The van der Waals surface area contributed by atoms with Crippen LogP contribution in [0.5, 0.6) is 11.5 Å². The fraction of sp³-hybridized carbons (Fsp3) is 0.407. The maximum Gasteiger partial charge on any atom is 0.270 e. The second-order valence-electron chi connectivity index (χ2n) is 8.06. The minimum atomic E-state index is -0.100. The summed E-state index contributed by atoms with van der Waals surface area (Å²) in [6.07, 6.45) is 10.2. The molecule has 1 heterocycles. The highest BCUT2D eigenvalue weighted by molar-refractivity contribution is 8.27. The number of thiocarbonyl (C=S) groups is 1. The maximum absolute atomic E-state index is 13.1. The van der Waals surface area contributed by atoms with Crippen molar-refractivity contribution in [3.63, 3.8) is 0 Å². The van der Waals surface area contributed by atoms with Gasteiger partial charge in [-0.05, 0) is 54.3 Å². The molecule has 0 radical (unpaired) electrons. The highest BCUT2D eigenvalue weighted by Crippen LogP contribution is 2.37. The molecule has 33 heavy (non-hydrogen) atoms. The molecular weight excluding hydrogens is 450 g/mol. The second-order valence-corrected chi connectivity index (χ2v) is 9.74. The van der Waals surface area contributed by atoms with Crippen molar-refractivity contribution in [1.29, 1.82) is 0 Å². The van der Waals surface area contributed by atoms with Gasteiger partial charge in [-0.1, -0.05) is 88.1 Å². The molecule has 1 fully saturated rings. The van der Waals surface area contributed by atoms with Crippen LogP contribution >= 0.6 is 24.0 Å². The third-order valence-corrected chi connectivity index (χ3v) is 6.94. The molecule has 2 aromatic carbocycles. The number of nitrogens with zero attached hydrogens (tertiary/aromatic N) is 1. The van der Waals surface area contributed by atoms with Gasteiger partial charge in [-0.25, -0.2) is 0 Å². The molecule has 3 rings (SSSR count). The number of aryl methyl sites for hydroxylation is 1. The van der Waals surface area contributed by atoms with Crippen LogP contribution in [0.4, 0.5) is 5.69 Å². The molecule has 0 unspecified atom stereocenters. The smallest absolute Gasteiger partial charge is 0.270 e. The second kappa shape index (κ2) is 12.8. The zero-order valence-electron chi connectivity index (χ0n) is 19.8. The van der Waals surface area contributed by atoms with Crippen molar-refractivity contribution in [1.82, 2.24) is 0 Å². The Morgan fingerprint density at radius 1 is 0.970 bits per heavy atom. The fourth-order valence-corrected chi connectivity index (χ4v) is 4.98. The number of carbonyl (C=O) groups is 1. The van der Waals surface area contributed by atoms with E-state index in [1.165, 1.54) is 49.4 Å². The standard InChI is InChI=1S/C27H33NO3S2/c1-4-6-7-8-9-10-17-31-23-16-13-21(18-24(23)30-3)19-25-26(29)28(27(32)33-25)22-14-11-20(5-2)12-15-22/h11-16,18-19H,4-10,17H2,1-3H3/b25-19-. The van der Waals surface area contributed by atoms with Crippen LogP contribution < -0.4 is 14.4 Å². The van der Waals surface area contributed by atoms with E-state index in [-0.39, 0.29) is 5.91 Å². The number of ether oxygens (including phenoxy) is 2. The Hall–Kier alpha value is -2.31. The van der Waals surface area contributed by atoms with E-state index in [9.17, 15) is 4.79 Å². The van der Waals surface area contributed by atoms with Crippen LogP contribution in [0.1, 0.15) is 63.5 Å². The largest absolute Gasteiger partial charge is 0.493 e. The molecule has 0 saturated carbocycles. The van der Waals surface area contributed by atoms with Crippen LogP contribution in [-0.2, 0) is 11.2 Å². The summed E-state index contributed by atoms with van der Waals surface area (Å²) < 4.78 is 12.0. The fourth-order valence-electron chi connectivity index (χ4n) is 3.68. The Bertz CT molecular complexity index is 985. The van der Waals surface area contributed by atoms with Gasteiger partial charge in [0.2, 0.25) is 0 Å². The Balaban J connectivity index is 1.65. The first kappa shape index (κ1) is 25.3. The third kappa shape index (κ3) is 6.84. The van der Waals surface area contributed by atoms with E-state index >= 15 is 0 Å². The summed E-state index contributed by atoms with van der Waals surface area (Å²) in [6, 6.07) is 13.7. The summed E-state index contributed by atoms with van der Waals surface area (Å²) in [5.74, 6) is 1.30. The van der Waals surface area contributed by atoms with Gasteiger partial charge < -0.3 is 9.47 Å². The molecule has 1 aliphatic rings. The summed E-state index contributed by atoms with van der Waals surface area (Å²) in [6.45, 7) is 5.01. The Labute approximate surface area is 207 Å². The summed E-state index contributed by atoms with van der Waals surface area (Å²) in [5.41, 5.74) is 2.90. The maximum atomic E-state index is 13.1.